The molecule has 3 heteroatoms. The minimum Gasteiger partial charge on any atom is -0.311 e. The van der Waals surface area contributed by atoms with E-state index >= 15 is 0 Å². The highest BCUT2D eigenvalue weighted by atomic mass is 19.1. The number of likely N-dealkylation sites (tertiary alicyclic amines) is 1. The summed E-state index contributed by atoms with van der Waals surface area (Å²) in [6, 6.07) is 5.68. The van der Waals surface area contributed by atoms with Crippen LogP contribution in [0.2, 0.25) is 0 Å². The van der Waals surface area contributed by atoms with Crippen LogP contribution in [0.15, 0.2) is 18.2 Å². The summed E-state index contributed by atoms with van der Waals surface area (Å²) in [5.41, 5.74) is 2.45. The third-order valence-corrected chi connectivity index (χ3v) is 3.70. The second-order valence-electron chi connectivity index (χ2n) is 4.73. The molecule has 2 aliphatic rings. The average molecular weight is 220 g/mol. The number of rotatable bonds is 1. The summed E-state index contributed by atoms with van der Waals surface area (Å²) in [6.07, 6.45) is 2.60. The molecule has 1 atom stereocenters. The number of nitrogens with zero attached hydrogens (tertiary/aromatic N) is 1. The molecule has 1 N–H and O–H groups in total. The Kier molecular flexibility index (Phi) is 2.65. The minimum absolute atomic E-state index is 0.123. The highest BCUT2D eigenvalue weighted by Crippen LogP contribution is 2.30. The zero-order chi connectivity index (χ0) is 11.0. The topological polar surface area (TPSA) is 15.3 Å². The van der Waals surface area contributed by atoms with Crippen molar-refractivity contribution in [2.75, 3.05) is 19.6 Å². The van der Waals surface area contributed by atoms with Gasteiger partial charge in [-0.2, -0.15) is 0 Å². The molecule has 16 heavy (non-hydrogen) atoms. The van der Waals surface area contributed by atoms with Crippen molar-refractivity contribution >= 4 is 0 Å². The van der Waals surface area contributed by atoms with E-state index in [1.54, 1.807) is 12.1 Å². The van der Waals surface area contributed by atoms with E-state index < -0.39 is 0 Å². The zero-order valence-corrected chi connectivity index (χ0v) is 9.38. The van der Waals surface area contributed by atoms with Crippen LogP contribution in [0.25, 0.3) is 0 Å². The highest BCUT2D eigenvalue weighted by molar-refractivity contribution is 5.33. The third-order valence-electron chi connectivity index (χ3n) is 3.70. The van der Waals surface area contributed by atoms with Crippen molar-refractivity contribution in [2.24, 2.45) is 0 Å². The van der Waals surface area contributed by atoms with Gasteiger partial charge in [0, 0.05) is 19.1 Å². The lowest BCUT2D eigenvalue weighted by atomic mass is 9.95. The molecule has 1 fully saturated rings. The van der Waals surface area contributed by atoms with Crippen molar-refractivity contribution < 1.29 is 4.39 Å². The van der Waals surface area contributed by atoms with Crippen molar-refractivity contribution in [2.45, 2.75) is 25.4 Å². The van der Waals surface area contributed by atoms with Gasteiger partial charge in [0.2, 0.25) is 0 Å². The van der Waals surface area contributed by atoms with Crippen molar-refractivity contribution in [1.29, 1.82) is 0 Å². The Hall–Kier alpha value is -0.930. The van der Waals surface area contributed by atoms with Crippen molar-refractivity contribution in [3.63, 3.8) is 0 Å². The molecule has 1 saturated heterocycles. The second-order valence-corrected chi connectivity index (χ2v) is 4.73. The maximum absolute atomic E-state index is 13.2. The van der Waals surface area contributed by atoms with Gasteiger partial charge in [0.15, 0.2) is 0 Å². The monoisotopic (exact) mass is 220 g/mol. The first-order chi connectivity index (χ1) is 7.84. The molecular formula is C13H17FN2. The van der Waals surface area contributed by atoms with Gasteiger partial charge in [-0.3, -0.25) is 4.90 Å². The Morgan fingerprint density at radius 2 is 2.06 bits per heavy atom. The smallest absolute Gasteiger partial charge is 0.123 e. The van der Waals surface area contributed by atoms with E-state index in [2.05, 4.69) is 10.2 Å². The molecule has 2 heterocycles. The summed E-state index contributed by atoms with van der Waals surface area (Å²) in [5.74, 6) is -0.123. The van der Waals surface area contributed by atoms with Crippen LogP contribution in [0.4, 0.5) is 4.39 Å². The quantitative estimate of drug-likeness (QED) is 0.779. The van der Waals surface area contributed by atoms with Gasteiger partial charge in [0.1, 0.15) is 5.82 Å². The Labute approximate surface area is 95.4 Å². The Morgan fingerprint density at radius 3 is 2.88 bits per heavy atom. The van der Waals surface area contributed by atoms with E-state index in [1.165, 1.54) is 31.5 Å². The lowest BCUT2D eigenvalue weighted by Crippen LogP contribution is -2.38. The summed E-state index contributed by atoms with van der Waals surface area (Å²) in [4.78, 5) is 2.52. The Balaban J connectivity index is 1.93. The molecule has 2 nitrogen and oxygen atoms in total. The van der Waals surface area contributed by atoms with E-state index in [1.807, 2.05) is 6.07 Å². The van der Waals surface area contributed by atoms with Gasteiger partial charge in [-0.1, -0.05) is 6.07 Å². The summed E-state index contributed by atoms with van der Waals surface area (Å²) in [7, 11) is 0. The van der Waals surface area contributed by atoms with E-state index in [9.17, 15) is 4.39 Å². The Morgan fingerprint density at radius 1 is 1.25 bits per heavy atom. The minimum atomic E-state index is -0.123. The fourth-order valence-electron chi connectivity index (χ4n) is 2.89. The summed E-state index contributed by atoms with van der Waals surface area (Å²) < 4.78 is 13.2. The van der Waals surface area contributed by atoms with Gasteiger partial charge in [-0.05, 0) is 49.2 Å². The van der Waals surface area contributed by atoms with Gasteiger partial charge >= 0.3 is 0 Å². The van der Waals surface area contributed by atoms with Gasteiger partial charge in [-0.15, -0.1) is 0 Å². The number of fused-ring (bicyclic) bond motifs is 1. The molecule has 1 aromatic carbocycles. The molecule has 0 spiro atoms. The first-order valence-corrected chi connectivity index (χ1v) is 6.08. The third kappa shape index (κ3) is 1.74. The molecule has 0 aliphatic carbocycles. The zero-order valence-electron chi connectivity index (χ0n) is 9.38. The molecule has 0 aromatic heterocycles. The Bertz CT molecular complexity index is 386. The van der Waals surface area contributed by atoms with Crippen molar-refractivity contribution in [3.05, 3.63) is 35.1 Å². The molecule has 3 rings (SSSR count). The molecule has 86 valence electrons. The largest absolute Gasteiger partial charge is 0.311 e. The standard InChI is InChI=1S/C13H17FN2/c14-11-3-4-12-10(7-11)8-15-9-13(12)16-5-1-2-6-16/h3-4,7,13,15H,1-2,5-6,8-9H2/t13-/m1/s1. The first-order valence-electron chi connectivity index (χ1n) is 6.08. The normalized spacial score (nSPS) is 25.7. The average Bonchev–Trinajstić information content (AvgIpc) is 2.81. The molecule has 0 radical (unpaired) electrons. The van der Waals surface area contributed by atoms with Crippen LogP contribution in [0.1, 0.15) is 30.0 Å². The van der Waals surface area contributed by atoms with Gasteiger partial charge in [0.25, 0.3) is 0 Å². The predicted molar refractivity (Wildman–Crippen MR) is 61.7 cm³/mol. The van der Waals surface area contributed by atoms with Gasteiger partial charge < -0.3 is 5.32 Å². The molecular weight excluding hydrogens is 203 g/mol. The van der Waals surface area contributed by atoms with E-state index in [0.717, 1.165) is 18.7 Å². The molecule has 0 saturated carbocycles. The summed E-state index contributed by atoms with van der Waals surface area (Å²) in [6.45, 7) is 4.17. The lowest BCUT2D eigenvalue weighted by Gasteiger charge is -2.33. The second kappa shape index (κ2) is 4.15. The van der Waals surface area contributed by atoms with Crippen LogP contribution < -0.4 is 5.32 Å². The molecule has 1 aromatic rings. The molecule has 0 bridgehead atoms. The number of nitrogens with one attached hydrogen (secondary N) is 1. The number of benzene rings is 1. The highest BCUT2D eigenvalue weighted by Gasteiger charge is 2.27. The number of hydrogen-bond donors (Lipinski definition) is 1. The molecule has 0 unspecified atom stereocenters. The fraction of sp³-hybridized carbons (Fsp3) is 0.538. The molecule has 2 aliphatic heterocycles. The summed E-state index contributed by atoms with van der Waals surface area (Å²) >= 11 is 0. The van der Waals surface area contributed by atoms with Crippen LogP contribution in [0.5, 0.6) is 0 Å². The van der Waals surface area contributed by atoms with Crippen LogP contribution in [0, 0.1) is 5.82 Å². The predicted octanol–water partition coefficient (Wildman–Crippen LogP) is 2.07. The van der Waals surface area contributed by atoms with Crippen LogP contribution >= 0.6 is 0 Å². The van der Waals surface area contributed by atoms with Crippen molar-refractivity contribution in [3.8, 4) is 0 Å². The van der Waals surface area contributed by atoms with Crippen molar-refractivity contribution in [1.82, 2.24) is 10.2 Å². The van der Waals surface area contributed by atoms with Crippen LogP contribution in [0.3, 0.4) is 0 Å². The number of hydrogen-bond acceptors (Lipinski definition) is 2. The van der Waals surface area contributed by atoms with E-state index in [-0.39, 0.29) is 5.82 Å². The van der Waals surface area contributed by atoms with Gasteiger partial charge in [0.05, 0.1) is 0 Å². The lowest BCUT2D eigenvalue weighted by molar-refractivity contribution is 0.228. The maximum Gasteiger partial charge on any atom is 0.123 e. The van der Waals surface area contributed by atoms with Gasteiger partial charge in [-0.25, -0.2) is 4.39 Å². The maximum atomic E-state index is 13.2. The molecule has 0 amide bonds. The first kappa shape index (κ1) is 10.2. The van der Waals surface area contributed by atoms with Crippen LogP contribution in [-0.4, -0.2) is 24.5 Å². The fourth-order valence-corrected chi connectivity index (χ4v) is 2.89. The SMILES string of the molecule is Fc1ccc2c(c1)CNC[C@H]2N1CCCC1. The summed E-state index contributed by atoms with van der Waals surface area (Å²) in [5, 5.41) is 3.39. The van der Waals surface area contributed by atoms with Crippen LogP contribution in [-0.2, 0) is 6.54 Å². The number of halogens is 1. The van der Waals surface area contributed by atoms with E-state index in [0.29, 0.717) is 6.04 Å². The van der Waals surface area contributed by atoms with E-state index in [4.69, 9.17) is 0 Å².